The SMILES string of the molecule is CCC(C)NC(=NCC(=O)N(C)C)N1CCN(CC(=O)NC(C)C)CC1. The molecule has 2 N–H and O–H groups in total. The molecule has 0 radical (unpaired) electrons. The highest BCUT2D eigenvalue weighted by molar-refractivity contribution is 5.85. The fraction of sp³-hybridized carbons (Fsp3) is 0.833. The summed E-state index contributed by atoms with van der Waals surface area (Å²) in [6.45, 7) is 11.9. The van der Waals surface area contributed by atoms with E-state index in [1.165, 1.54) is 0 Å². The summed E-state index contributed by atoms with van der Waals surface area (Å²) >= 11 is 0. The molecule has 1 heterocycles. The van der Waals surface area contributed by atoms with Crippen molar-refractivity contribution in [2.24, 2.45) is 4.99 Å². The summed E-state index contributed by atoms with van der Waals surface area (Å²) in [4.78, 5) is 34.2. The Kier molecular flexibility index (Phi) is 9.40. The Morgan fingerprint density at radius 3 is 2.19 bits per heavy atom. The number of likely N-dealkylation sites (N-methyl/N-ethyl adjacent to an activating group) is 1. The average Bonchev–Trinajstić information content (AvgIpc) is 2.57. The molecule has 150 valence electrons. The van der Waals surface area contributed by atoms with E-state index in [1.54, 1.807) is 19.0 Å². The number of rotatable bonds is 7. The molecule has 0 aromatic rings. The summed E-state index contributed by atoms with van der Waals surface area (Å²) in [7, 11) is 3.47. The van der Waals surface area contributed by atoms with E-state index >= 15 is 0 Å². The first-order chi connectivity index (χ1) is 12.2. The standard InChI is InChI=1S/C18H36N6O2/c1-7-15(4)21-18(19-12-17(26)22(5)6)24-10-8-23(9-11-24)13-16(25)20-14(2)3/h14-15H,7-13H2,1-6H3,(H,19,21)(H,20,25). The smallest absolute Gasteiger partial charge is 0.243 e. The van der Waals surface area contributed by atoms with Crippen molar-refractivity contribution in [1.82, 2.24) is 25.3 Å². The highest BCUT2D eigenvalue weighted by Crippen LogP contribution is 2.04. The zero-order valence-corrected chi connectivity index (χ0v) is 17.2. The zero-order chi connectivity index (χ0) is 19.7. The van der Waals surface area contributed by atoms with Gasteiger partial charge in [-0.3, -0.25) is 14.5 Å². The minimum atomic E-state index is -0.0163. The van der Waals surface area contributed by atoms with Gasteiger partial charge in [0, 0.05) is 52.4 Å². The highest BCUT2D eigenvalue weighted by Gasteiger charge is 2.22. The van der Waals surface area contributed by atoms with Gasteiger partial charge in [0.25, 0.3) is 0 Å². The molecule has 1 rings (SSSR count). The number of carbonyl (C=O) groups is 2. The van der Waals surface area contributed by atoms with Crippen molar-refractivity contribution in [3.63, 3.8) is 0 Å². The van der Waals surface area contributed by atoms with Crippen LogP contribution < -0.4 is 10.6 Å². The summed E-state index contributed by atoms with van der Waals surface area (Å²) in [5.74, 6) is 0.829. The molecule has 1 atom stereocenters. The number of carbonyl (C=O) groups excluding carboxylic acids is 2. The van der Waals surface area contributed by atoms with Crippen molar-refractivity contribution in [2.45, 2.75) is 46.2 Å². The Bertz CT molecular complexity index is 484. The van der Waals surface area contributed by atoms with Crippen LogP contribution in [0.3, 0.4) is 0 Å². The van der Waals surface area contributed by atoms with Gasteiger partial charge in [0.1, 0.15) is 6.54 Å². The molecule has 8 heteroatoms. The molecule has 0 aromatic heterocycles. The third-order valence-electron chi connectivity index (χ3n) is 4.34. The van der Waals surface area contributed by atoms with E-state index in [1.807, 2.05) is 13.8 Å². The van der Waals surface area contributed by atoms with Crippen LogP contribution in [0, 0.1) is 0 Å². The highest BCUT2D eigenvalue weighted by atomic mass is 16.2. The number of amides is 2. The van der Waals surface area contributed by atoms with Gasteiger partial charge in [0.15, 0.2) is 5.96 Å². The summed E-state index contributed by atoms with van der Waals surface area (Å²) < 4.78 is 0. The van der Waals surface area contributed by atoms with Gasteiger partial charge in [0.2, 0.25) is 11.8 Å². The predicted octanol–water partition coefficient (Wildman–Crippen LogP) is -0.0391. The van der Waals surface area contributed by atoms with Gasteiger partial charge >= 0.3 is 0 Å². The molecule has 8 nitrogen and oxygen atoms in total. The topological polar surface area (TPSA) is 80.3 Å². The summed E-state index contributed by atoms with van der Waals surface area (Å²) in [5, 5.41) is 6.35. The van der Waals surface area contributed by atoms with Gasteiger partial charge in [-0.15, -0.1) is 0 Å². The van der Waals surface area contributed by atoms with Crippen molar-refractivity contribution in [1.29, 1.82) is 0 Å². The van der Waals surface area contributed by atoms with E-state index < -0.39 is 0 Å². The Hall–Kier alpha value is -1.83. The van der Waals surface area contributed by atoms with Crippen molar-refractivity contribution in [2.75, 3.05) is 53.4 Å². The molecule has 0 saturated carbocycles. The number of hydrogen-bond donors (Lipinski definition) is 2. The molecule has 1 unspecified atom stereocenters. The first kappa shape index (κ1) is 22.2. The third kappa shape index (κ3) is 8.03. The van der Waals surface area contributed by atoms with Crippen molar-refractivity contribution < 1.29 is 9.59 Å². The van der Waals surface area contributed by atoms with Gasteiger partial charge < -0.3 is 20.4 Å². The van der Waals surface area contributed by atoms with Gasteiger partial charge in [-0.05, 0) is 27.2 Å². The Morgan fingerprint density at radius 1 is 1.08 bits per heavy atom. The fourth-order valence-electron chi connectivity index (χ4n) is 2.53. The monoisotopic (exact) mass is 368 g/mol. The number of hydrogen-bond acceptors (Lipinski definition) is 4. The molecule has 1 aliphatic rings. The molecular formula is C18H36N6O2. The van der Waals surface area contributed by atoms with E-state index in [2.05, 4.69) is 39.3 Å². The minimum absolute atomic E-state index is 0.0163. The second kappa shape index (κ2) is 11.0. The molecule has 0 aliphatic carbocycles. The quantitative estimate of drug-likeness (QED) is 0.487. The Labute approximate surface area is 158 Å². The van der Waals surface area contributed by atoms with Gasteiger partial charge in [0.05, 0.1) is 6.54 Å². The number of nitrogens with zero attached hydrogens (tertiary/aromatic N) is 4. The van der Waals surface area contributed by atoms with Crippen LogP contribution >= 0.6 is 0 Å². The average molecular weight is 369 g/mol. The maximum atomic E-state index is 11.9. The zero-order valence-electron chi connectivity index (χ0n) is 17.2. The van der Waals surface area contributed by atoms with Crippen LogP contribution in [-0.4, -0.2) is 97.9 Å². The molecule has 0 spiro atoms. The lowest BCUT2D eigenvalue weighted by molar-refractivity contribution is -0.127. The fourth-order valence-corrected chi connectivity index (χ4v) is 2.53. The molecule has 1 aliphatic heterocycles. The summed E-state index contributed by atoms with van der Waals surface area (Å²) in [6, 6.07) is 0.453. The number of aliphatic imine (C=N–C) groups is 1. The molecule has 1 fully saturated rings. The molecule has 0 bridgehead atoms. The van der Waals surface area contributed by atoms with Crippen molar-refractivity contribution in [3.8, 4) is 0 Å². The Morgan fingerprint density at radius 2 is 1.69 bits per heavy atom. The number of piperazine rings is 1. The van der Waals surface area contributed by atoms with E-state index in [0.717, 1.165) is 38.6 Å². The second-order valence-electron chi connectivity index (χ2n) is 7.37. The van der Waals surface area contributed by atoms with Crippen LogP contribution in [-0.2, 0) is 9.59 Å². The predicted molar refractivity (Wildman–Crippen MR) is 105 cm³/mol. The molecule has 2 amide bonds. The number of guanidine groups is 1. The second-order valence-corrected chi connectivity index (χ2v) is 7.37. The molecule has 26 heavy (non-hydrogen) atoms. The maximum Gasteiger partial charge on any atom is 0.243 e. The van der Waals surface area contributed by atoms with E-state index in [0.29, 0.717) is 6.54 Å². The normalized spacial score (nSPS) is 17.2. The van der Waals surface area contributed by atoms with Gasteiger partial charge in [-0.25, -0.2) is 4.99 Å². The lowest BCUT2D eigenvalue weighted by Crippen LogP contribution is -2.55. The first-order valence-electron chi connectivity index (χ1n) is 9.50. The molecule has 0 aromatic carbocycles. The van der Waals surface area contributed by atoms with E-state index in [4.69, 9.17) is 0 Å². The molecule has 1 saturated heterocycles. The first-order valence-corrected chi connectivity index (χ1v) is 9.50. The third-order valence-corrected chi connectivity index (χ3v) is 4.34. The van der Waals surface area contributed by atoms with E-state index in [-0.39, 0.29) is 30.4 Å². The lowest BCUT2D eigenvalue weighted by Gasteiger charge is -2.37. The van der Waals surface area contributed by atoms with Crippen LogP contribution in [0.15, 0.2) is 4.99 Å². The number of nitrogens with one attached hydrogen (secondary N) is 2. The van der Waals surface area contributed by atoms with Crippen LogP contribution in [0.5, 0.6) is 0 Å². The van der Waals surface area contributed by atoms with Crippen LogP contribution in [0.25, 0.3) is 0 Å². The lowest BCUT2D eigenvalue weighted by atomic mass is 10.2. The van der Waals surface area contributed by atoms with Crippen LogP contribution in [0.4, 0.5) is 0 Å². The molecular weight excluding hydrogens is 332 g/mol. The van der Waals surface area contributed by atoms with Crippen molar-refractivity contribution in [3.05, 3.63) is 0 Å². The summed E-state index contributed by atoms with van der Waals surface area (Å²) in [5.41, 5.74) is 0. The Balaban J connectivity index is 2.62. The maximum absolute atomic E-state index is 11.9. The summed E-state index contributed by atoms with van der Waals surface area (Å²) in [6.07, 6.45) is 0.982. The van der Waals surface area contributed by atoms with Crippen LogP contribution in [0.2, 0.25) is 0 Å². The van der Waals surface area contributed by atoms with Gasteiger partial charge in [-0.1, -0.05) is 6.92 Å². The van der Waals surface area contributed by atoms with Crippen LogP contribution in [0.1, 0.15) is 34.1 Å². The van der Waals surface area contributed by atoms with E-state index in [9.17, 15) is 9.59 Å². The largest absolute Gasteiger partial charge is 0.354 e. The van der Waals surface area contributed by atoms with Crippen molar-refractivity contribution >= 4 is 17.8 Å². The van der Waals surface area contributed by atoms with Gasteiger partial charge in [-0.2, -0.15) is 0 Å². The minimum Gasteiger partial charge on any atom is -0.354 e.